The average Bonchev–Trinajstić information content (AvgIpc) is 2.41. The van der Waals surface area contributed by atoms with Gasteiger partial charge in [0, 0.05) is 19.1 Å². The van der Waals surface area contributed by atoms with Gasteiger partial charge in [-0.3, -0.25) is 4.90 Å². The van der Waals surface area contributed by atoms with E-state index in [4.69, 9.17) is 0 Å². The molecule has 1 aromatic rings. The highest BCUT2D eigenvalue weighted by Gasteiger charge is 2.22. The molecule has 2 atom stereocenters. The van der Waals surface area contributed by atoms with E-state index in [-0.39, 0.29) is 0 Å². The Morgan fingerprint density at radius 1 is 1.16 bits per heavy atom. The van der Waals surface area contributed by atoms with Crippen molar-refractivity contribution in [2.75, 3.05) is 14.1 Å². The van der Waals surface area contributed by atoms with Gasteiger partial charge < -0.3 is 5.32 Å². The first-order valence-corrected chi connectivity index (χ1v) is 7.61. The van der Waals surface area contributed by atoms with E-state index in [0.717, 1.165) is 25.0 Å². The van der Waals surface area contributed by atoms with Crippen molar-refractivity contribution in [3.05, 3.63) is 35.4 Å². The lowest BCUT2D eigenvalue weighted by Crippen LogP contribution is -2.35. The number of benzene rings is 1. The third-order valence-electron chi connectivity index (χ3n) is 4.37. The molecule has 1 N–H and O–H groups in total. The summed E-state index contributed by atoms with van der Waals surface area (Å²) < 4.78 is 0. The van der Waals surface area contributed by atoms with Crippen LogP contribution in [0.15, 0.2) is 24.3 Å². The standard InChI is InChI=1S/C17H28N2/c1-14-5-4-6-17(11-14)19(3)13-16-9-7-15(8-10-16)12-18-2/h7-10,14,17-18H,4-6,11-13H2,1-3H3. The van der Waals surface area contributed by atoms with E-state index in [9.17, 15) is 0 Å². The number of nitrogens with zero attached hydrogens (tertiary/aromatic N) is 1. The molecule has 1 fully saturated rings. The minimum atomic E-state index is 0.778. The minimum Gasteiger partial charge on any atom is -0.316 e. The normalized spacial score (nSPS) is 23.8. The van der Waals surface area contributed by atoms with Crippen molar-refractivity contribution in [1.29, 1.82) is 0 Å². The molecule has 1 saturated carbocycles. The van der Waals surface area contributed by atoms with Crippen molar-refractivity contribution in [1.82, 2.24) is 10.2 Å². The van der Waals surface area contributed by atoms with Crippen molar-refractivity contribution >= 4 is 0 Å². The summed E-state index contributed by atoms with van der Waals surface area (Å²) >= 11 is 0. The number of hydrogen-bond donors (Lipinski definition) is 1. The molecule has 1 aromatic carbocycles. The van der Waals surface area contributed by atoms with Gasteiger partial charge in [-0.2, -0.15) is 0 Å². The van der Waals surface area contributed by atoms with E-state index in [1.807, 2.05) is 7.05 Å². The molecule has 1 aliphatic carbocycles. The average molecular weight is 260 g/mol. The Labute approximate surface area is 118 Å². The Balaban J connectivity index is 1.88. The Morgan fingerprint density at radius 2 is 1.84 bits per heavy atom. The van der Waals surface area contributed by atoms with Gasteiger partial charge in [-0.25, -0.2) is 0 Å². The molecule has 0 spiro atoms. The lowest BCUT2D eigenvalue weighted by Gasteiger charge is -2.34. The van der Waals surface area contributed by atoms with Crippen molar-refractivity contribution < 1.29 is 0 Å². The molecule has 0 aromatic heterocycles. The SMILES string of the molecule is CNCc1ccc(CN(C)C2CCCC(C)C2)cc1. The second kappa shape index (κ2) is 7.06. The van der Waals surface area contributed by atoms with E-state index >= 15 is 0 Å². The molecule has 2 rings (SSSR count). The lowest BCUT2D eigenvalue weighted by atomic mass is 9.86. The number of nitrogens with one attached hydrogen (secondary N) is 1. The largest absolute Gasteiger partial charge is 0.316 e. The van der Waals surface area contributed by atoms with Crippen LogP contribution in [0.25, 0.3) is 0 Å². The van der Waals surface area contributed by atoms with Gasteiger partial charge in [0.25, 0.3) is 0 Å². The maximum Gasteiger partial charge on any atom is 0.0233 e. The summed E-state index contributed by atoms with van der Waals surface area (Å²) in [6, 6.07) is 9.80. The van der Waals surface area contributed by atoms with Crippen molar-refractivity contribution in [2.45, 2.75) is 51.7 Å². The van der Waals surface area contributed by atoms with Crippen molar-refractivity contribution in [3.63, 3.8) is 0 Å². The zero-order valence-corrected chi connectivity index (χ0v) is 12.7. The van der Waals surface area contributed by atoms with E-state index in [2.05, 4.69) is 48.5 Å². The first-order valence-electron chi connectivity index (χ1n) is 7.61. The Hall–Kier alpha value is -0.860. The fraction of sp³-hybridized carbons (Fsp3) is 0.647. The molecule has 0 radical (unpaired) electrons. The lowest BCUT2D eigenvalue weighted by molar-refractivity contribution is 0.157. The van der Waals surface area contributed by atoms with Crippen LogP contribution in [0.3, 0.4) is 0 Å². The van der Waals surface area contributed by atoms with Gasteiger partial charge in [-0.15, -0.1) is 0 Å². The zero-order chi connectivity index (χ0) is 13.7. The molecule has 0 saturated heterocycles. The highest BCUT2D eigenvalue weighted by molar-refractivity contribution is 5.22. The monoisotopic (exact) mass is 260 g/mol. The van der Waals surface area contributed by atoms with E-state index in [0.29, 0.717) is 0 Å². The fourth-order valence-electron chi connectivity index (χ4n) is 3.19. The summed E-state index contributed by atoms with van der Waals surface area (Å²) in [5.41, 5.74) is 2.79. The second-order valence-electron chi connectivity index (χ2n) is 6.19. The van der Waals surface area contributed by atoms with E-state index in [1.165, 1.54) is 36.8 Å². The molecule has 19 heavy (non-hydrogen) atoms. The molecular formula is C17H28N2. The van der Waals surface area contributed by atoms with Gasteiger partial charge in [-0.1, -0.05) is 44.0 Å². The highest BCUT2D eigenvalue weighted by atomic mass is 15.1. The summed E-state index contributed by atoms with van der Waals surface area (Å²) in [5.74, 6) is 0.902. The molecule has 106 valence electrons. The summed E-state index contributed by atoms with van der Waals surface area (Å²) in [7, 11) is 4.27. The van der Waals surface area contributed by atoms with E-state index in [1.54, 1.807) is 0 Å². The Bertz CT molecular complexity index is 371. The van der Waals surface area contributed by atoms with Crippen LogP contribution in [0, 0.1) is 5.92 Å². The van der Waals surface area contributed by atoms with Crippen LogP contribution in [-0.4, -0.2) is 25.0 Å². The summed E-state index contributed by atoms with van der Waals surface area (Å²) in [4.78, 5) is 2.54. The summed E-state index contributed by atoms with van der Waals surface area (Å²) in [6.07, 6.45) is 5.56. The van der Waals surface area contributed by atoms with E-state index < -0.39 is 0 Å². The third-order valence-corrected chi connectivity index (χ3v) is 4.37. The topological polar surface area (TPSA) is 15.3 Å². The Kier molecular flexibility index (Phi) is 5.41. The van der Waals surface area contributed by atoms with Crippen LogP contribution in [0.1, 0.15) is 43.7 Å². The van der Waals surface area contributed by atoms with Crippen LogP contribution in [0.4, 0.5) is 0 Å². The van der Waals surface area contributed by atoms with Gasteiger partial charge in [0.05, 0.1) is 0 Å². The first-order chi connectivity index (χ1) is 9.19. The second-order valence-corrected chi connectivity index (χ2v) is 6.19. The van der Waals surface area contributed by atoms with Crippen molar-refractivity contribution in [3.8, 4) is 0 Å². The maximum absolute atomic E-state index is 3.19. The summed E-state index contributed by atoms with van der Waals surface area (Å²) in [5, 5.41) is 3.19. The molecule has 2 unspecified atom stereocenters. The van der Waals surface area contributed by atoms with Crippen LogP contribution in [-0.2, 0) is 13.1 Å². The zero-order valence-electron chi connectivity index (χ0n) is 12.7. The summed E-state index contributed by atoms with van der Waals surface area (Å²) in [6.45, 7) is 4.43. The molecule has 2 heteroatoms. The molecule has 1 aliphatic rings. The van der Waals surface area contributed by atoms with Gasteiger partial charge in [0.1, 0.15) is 0 Å². The van der Waals surface area contributed by atoms with Gasteiger partial charge in [0.15, 0.2) is 0 Å². The van der Waals surface area contributed by atoms with Crippen LogP contribution >= 0.6 is 0 Å². The molecule has 0 bridgehead atoms. The molecule has 0 aliphatic heterocycles. The van der Waals surface area contributed by atoms with Crippen LogP contribution < -0.4 is 5.32 Å². The first kappa shape index (κ1) is 14.5. The van der Waals surface area contributed by atoms with Crippen LogP contribution in [0.5, 0.6) is 0 Å². The molecule has 2 nitrogen and oxygen atoms in total. The van der Waals surface area contributed by atoms with Crippen molar-refractivity contribution in [2.24, 2.45) is 5.92 Å². The van der Waals surface area contributed by atoms with Gasteiger partial charge >= 0.3 is 0 Å². The number of rotatable bonds is 5. The fourth-order valence-corrected chi connectivity index (χ4v) is 3.19. The number of hydrogen-bond acceptors (Lipinski definition) is 2. The predicted molar refractivity (Wildman–Crippen MR) is 82.1 cm³/mol. The predicted octanol–water partition coefficient (Wildman–Crippen LogP) is 3.42. The van der Waals surface area contributed by atoms with Gasteiger partial charge in [0.2, 0.25) is 0 Å². The molecule has 0 heterocycles. The molecule has 0 amide bonds. The van der Waals surface area contributed by atoms with Gasteiger partial charge in [-0.05, 0) is 44.0 Å². The quantitative estimate of drug-likeness (QED) is 0.872. The highest BCUT2D eigenvalue weighted by Crippen LogP contribution is 2.27. The maximum atomic E-state index is 3.19. The minimum absolute atomic E-state index is 0.778. The molecular weight excluding hydrogens is 232 g/mol. The van der Waals surface area contributed by atoms with Crippen LogP contribution in [0.2, 0.25) is 0 Å². The third kappa shape index (κ3) is 4.32. The smallest absolute Gasteiger partial charge is 0.0233 e. The Morgan fingerprint density at radius 3 is 2.47 bits per heavy atom.